The van der Waals surface area contributed by atoms with Gasteiger partial charge in [-0.25, -0.2) is 8.78 Å². The Balaban J connectivity index is 2.90. The highest BCUT2D eigenvalue weighted by Crippen LogP contribution is 2.12. The van der Waals surface area contributed by atoms with Gasteiger partial charge in [0, 0.05) is 0 Å². The van der Waals surface area contributed by atoms with Gasteiger partial charge >= 0.3 is 0 Å². The second kappa shape index (κ2) is 5.72. The lowest BCUT2D eigenvalue weighted by Crippen LogP contribution is -2.41. The maximum absolute atomic E-state index is 13.3. The molecule has 94 valence electrons. The fourth-order valence-electron chi connectivity index (χ4n) is 1.38. The normalized spacial score (nSPS) is 12.6. The monoisotopic (exact) mass is 243 g/mol. The van der Waals surface area contributed by atoms with E-state index in [0.29, 0.717) is 0 Å². The van der Waals surface area contributed by atoms with Gasteiger partial charge in [0.2, 0.25) is 0 Å². The standard InChI is InChI=1S/C12H15F2NO2/c1-7(2)10(6-16)15-12(17)11-8(13)4-3-5-9(11)14/h3-5,7,10,16H,6H2,1-2H3,(H,15,17)/t10-/m1/s1. The van der Waals surface area contributed by atoms with E-state index in [0.717, 1.165) is 12.1 Å². The number of aliphatic hydroxyl groups excluding tert-OH is 1. The van der Waals surface area contributed by atoms with Crippen LogP contribution >= 0.6 is 0 Å². The highest BCUT2D eigenvalue weighted by molar-refractivity contribution is 5.94. The number of amides is 1. The number of aliphatic hydroxyl groups is 1. The van der Waals surface area contributed by atoms with Crippen molar-refractivity contribution in [2.24, 2.45) is 5.92 Å². The molecule has 1 aromatic rings. The van der Waals surface area contributed by atoms with E-state index in [2.05, 4.69) is 5.32 Å². The van der Waals surface area contributed by atoms with Gasteiger partial charge in [-0.1, -0.05) is 19.9 Å². The maximum Gasteiger partial charge on any atom is 0.257 e. The summed E-state index contributed by atoms with van der Waals surface area (Å²) in [6.45, 7) is 3.30. The highest BCUT2D eigenvalue weighted by atomic mass is 19.1. The molecular weight excluding hydrogens is 228 g/mol. The molecular formula is C12H15F2NO2. The molecule has 17 heavy (non-hydrogen) atoms. The summed E-state index contributed by atoms with van der Waals surface area (Å²) in [5, 5.41) is 11.4. The lowest BCUT2D eigenvalue weighted by molar-refractivity contribution is 0.0888. The first-order chi connectivity index (χ1) is 7.97. The first-order valence-electron chi connectivity index (χ1n) is 5.33. The summed E-state index contributed by atoms with van der Waals surface area (Å²) in [6.07, 6.45) is 0. The SMILES string of the molecule is CC(C)[C@@H](CO)NC(=O)c1c(F)cccc1F. The zero-order valence-corrected chi connectivity index (χ0v) is 9.71. The molecule has 0 saturated heterocycles. The Morgan fingerprint density at radius 1 is 1.35 bits per heavy atom. The summed E-state index contributed by atoms with van der Waals surface area (Å²) in [5.41, 5.74) is -0.619. The van der Waals surface area contributed by atoms with Crippen LogP contribution in [0.2, 0.25) is 0 Å². The van der Waals surface area contributed by atoms with Crippen molar-refractivity contribution in [2.45, 2.75) is 19.9 Å². The van der Waals surface area contributed by atoms with Gasteiger partial charge in [0.15, 0.2) is 0 Å². The zero-order valence-electron chi connectivity index (χ0n) is 9.71. The number of carbonyl (C=O) groups is 1. The van der Waals surface area contributed by atoms with Gasteiger partial charge in [-0.05, 0) is 18.1 Å². The molecule has 0 unspecified atom stereocenters. The Kier molecular flexibility index (Phi) is 4.57. The summed E-state index contributed by atoms with van der Waals surface area (Å²) in [5.74, 6) is -2.71. The number of carbonyl (C=O) groups excluding carboxylic acids is 1. The second-order valence-corrected chi connectivity index (χ2v) is 4.10. The molecule has 0 aliphatic rings. The summed E-state index contributed by atoms with van der Waals surface area (Å²) in [7, 11) is 0. The predicted octanol–water partition coefficient (Wildman–Crippen LogP) is 1.71. The molecule has 0 aromatic heterocycles. The molecule has 0 aliphatic heterocycles. The topological polar surface area (TPSA) is 49.3 Å². The van der Waals surface area contributed by atoms with Crippen molar-refractivity contribution >= 4 is 5.91 Å². The lowest BCUT2D eigenvalue weighted by Gasteiger charge is -2.20. The van der Waals surface area contributed by atoms with Gasteiger partial charge in [0.05, 0.1) is 12.6 Å². The van der Waals surface area contributed by atoms with E-state index in [9.17, 15) is 13.6 Å². The Hall–Kier alpha value is -1.49. The van der Waals surface area contributed by atoms with Crippen LogP contribution in [0.1, 0.15) is 24.2 Å². The lowest BCUT2D eigenvalue weighted by atomic mass is 10.0. The molecule has 0 saturated carbocycles. The molecule has 1 aromatic carbocycles. The van der Waals surface area contributed by atoms with Crippen LogP contribution in [-0.4, -0.2) is 23.7 Å². The Morgan fingerprint density at radius 2 is 1.88 bits per heavy atom. The van der Waals surface area contributed by atoms with Crippen LogP contribution in [0.5, 0.6) is 0 Å². The van der Waals surface area contributed by atoms with Crippen LogP contribution in [0.15, 0.2) is 18.2 Å². The summed E-state index contributed by atoms with van der Waals surface area (Å²) in [6, 6.07) is 2.69. The van der Waals surface area contributed by atoms with Gasteiger partial charge in [0.25, 0.3) is 5.91 Å². The number of rotatable bonds is 4. The van der Waals surface area contributed by atoms with E-state index < -0.39 is 29.1 Å². The minimum atomic E-state index is -0.914. The molecule has 0 aliphatic carbocycles. The highest BCUT2D eigenvalue weighted by Gasteiger charge is 2.21. The number of hydrogen-bond donors (Lipinski definition) is 2. The van der Waals surface area contributed by atoms with E-state index in [4.69, 9.17) is 5.11 Å². The minimum absolute atomic E-state index is 0.0289. The maximum atomic E-state index is 13.3. The van der Waals surface area contributed by atoms with Crippen molar-refractivity contribution in [3.63, 3.8) is 0 Å². The summed E-state index contributed by atoms with van der Waals surface area (Å²) >= 11 is 0. The van der Waals surface area contributed by atoms with Crippen LogP contribution in [0, 0.1) is 17.6 Å². The molecule has 1 rings (SSSR count). The quantitative estimate of drug-likeness (QED) is 0.845. The van der Waals surface area contributed by atoms with Crippen LogP contribution in [0.4, 0.5) is 8.78 Å². The smallest absolute Gasteiger partial charge is 0.257 e. The Morgan fingerprint density at radius 3 is 2.29 bits per heavy atom. The molecule has 0 radical (unpaired) electrons. The van der Waals surface area contributed by atoms with Crippen molar-refractivity contribution in [1.29, 1.82) is 0 Å². The Bertz CT molecular complexity index is 387. The van der Waals surface area contributed by atoms with Gasteiger partial charge < -0.3 is 10.4 Å². The van der Waals surface area contributed by atoms with Crippen molar-refractivity contribution in [1.82, 2.24) is 5.32 Å². The molecule has 0 bridgehead atoms. The molecule has 5 heteroatoms. The molecule has 1 amide bonds. The minimum Gasteiger partial charge on any atom is -0.394 e. The van der Waals surface area contributed by atoms with E-state index in [-0.39, 0.29) is 12.5 Å². The number of nitrogens with one attached hydrogen (secondary N) is 1. The molecule has 2 N–H and O–H groups in total. The number of hydrogen-bond acceptors (Lipinski definition) is 2. The van der Waals surface area contributed by atoms with Crippen molar-refractivity contribution in [3.05, 3.63) is 35.4 Å². The average molecular weight is 243 g/mol. The third-order valence-electron chi connectivity index (χ3n) is 2.51. The van der Waals surface area contributed by atoms with Crippen molar-refractivity contribution in [2.75, 3.05) is 6.61 Å². The van der Waals surface area contributed by atoms with Crippen LogP contribution in [0.3, 0.4) is 0 Å². The number of halogens is 2. The van der Waals surface area contributed by atoms with Gasteiger partial charge in [-0.15, -0.1) is 0 Å². The van der Waals surface area contributed by atoms with E-state index >= 15 is 0 Å². The Labute approximate surface area is 98.5 Å². The summed E-state index contributed by atoms with van der Waals surface area (Å²) in [4.78, 5) is 11.7. The van der Waals surface area contributed by atoms with Crippen molar-refractivity contribution < 1.29 is 18.7 Å². The summed E-state index contributed by atoms with van der Waals surface area (Å²) < 4.78 is 26.6. The zero-order chi connectivity index (χ0) is 13.0. The third-order valence-corrected chi connectivity index (χ3v) is 2.51. The first kappa shape index (κ1) is 13.6. The third kappa shape index (κ3) is 3.23. The van der Waals surface area contributed by atoms with E-state index in [1.54, 1.807) is 13.8 Å². The van der Waals surface area contributed by atoms with Crippen LogP contribution in [-0.2, 0) is 0 Å². The van der Waals surface area contributed by atoms with E-state index in [1.165, 1.54) is 6.07 Å². The first-order valence-corrected chi connectivity index (χ1v) is 5.33. The second-order valence-electron chi connectivity index (χ2n) is 4.10. The average Bonchev–Trinajstić information content (AvgIpc) is 2.25. The molecule has 0 fully saturated rings. The molecule has 1 atom stereocenters. The molecule has 0 spiro atoms. The predicted molar refractivity (Wildman–Crippen MR) is 59.5 cm³/mol. The van der Waals surface area contributed by atoms with Crippen molar-refractivity contribution in [3.8, 4) is 0 Å². The van der Waals surface area contributed by atoms with Gasteiger partial charge in [-0.2, -0.15) is 0 Å². The van der Waals surface area contributed by atoms with E-state index in [1.807, 2.05) is 0 Å². The van der Waals surface area contributed by atoms with Crippen LogP contribution in [0.25, 0.3) is 0 Å². The number of benzene rings is 1. The fraction of sp³-hybridized carbons (Fsp3) is 0.417. The molecule has 0 heterocycles. The van der Waals surface area contributed by atoms with Crippen LogP contribution < -0.4 is 5.32 Å². The molecule has 3 nitrogen and oxygen atoms in total. The van der Waals surface area contributed by atoms with Gasteiger partial charge in [0.1, 0.15) is 17.2 Å². The van der Waals surface area contributed by atoms with Gasteiger partial charge in [-0.3, -0.25) is 4.79 Å². The fourth-order valence-corrected chi connectivity index (χ4v) is 1.38. The largest absolute Gasteiger partial charge is 0.394 e.